The van der Waals surface area contributed by atoms with Crippen LogP contribution in [-0.4, -0.2) is 49.0 Å². The fraction of sp³-hybridized carbons (Fsp3) is 0.294. The number of piperazine rings is 1. The van der Waals surface area contributed by atoms with Gasteiger partial charge in [0.15, 0.2) is 17.5 Å². The van der Waals surface area contributed by atoms with Crippen LogP contribution in [0.15, 0.2) is 30.5 Å². The SMILES string of the molecule is CN1CCN(c2cc(C(=O)Nc3ccc(F)c(F)c3F)ccn2)CC1. The first-order chi connectivity index (χ1) is 12.0. The average Bonchev–Trinajstić information content (AvgIpc) is 2.63. The normalized spacial score (nSPS) is 15.3. The zero-order valence-electron chi connectivity index (χ0n) is 13.6. The molecule has 0 atom stereocenters. The van der Waals surface area contributed by atoms with Gasteiger partial charge in [-0.15, -0.1) is 0 Å². The van der Waals surface area contributed by atoms with Crippen molar-refractivity contribution in [3.63, 3.8) is 0 Å². The largest absolute Gasteiger partial charge is 0.354 e. The van der Waals surface area contributed by atoms with Gasteiger partial charge in [-0.3, -0.25) is 4.79 Å². The van der Waals surface area contributed by atoms with Crippen LogP contribution in [-0.2, 0) is 0 Å². The summed E-state index contributed by atoms with van der Waals surface area (Å²) in [4.78, 5) is 20.8. The minimum Gasteiger partial charge on any atom is -0.354 e. The topological polar surface area (TPSA) is 48.5 Å². The molecule has 2 aromatic rings. The van der Waals surface area contributed by atoms with E-state index in [1.165, 1.54) is 12.3 Å². The van der Waals surface area contributed by atoms with E-state index >= 15 is 0 Å². The van der Waals surface area contributed by atoms with E-state index in [0.29, 0.717) is 5.82 Å². The monoisotopic (exact) mass is 350 g/mol. The maximum absolute atomic E-state index is 13.7. The quantitative estimate of drug-likeness (QED) is 0.864. The molecule has 1 aromatic carbocycles. The predicted octanol–water partition coefficient (Wildman–Crippen LogP) is 2.50. The lowest BCUT2D eigenvalue weighted by molar-refractivity contribution is 0.102. The summed E-state index contributed by atoms with van der Waals surface area (Å²) in [6, 6.07) is 4.82. The maximum Gasteiger partial charge on any atom is 0.255 e. The molecule has 1 saturated heterocycles. The van der Waals surface area contributed by atoms with Gasteiger partial charge in [0, 0.05) is 37.9 Å². The molecule has 1 aliphatic rings. The van der Waals surface area contributed by atoms with E-state index in [9.17, 15) is 18.0 Å². The van der Waals surface area contributed by atoms with E-state index in [4.69, 9.17) is 0 Å². The second kappa shape index (κ2) is 7.10. The van der Waals surface area contributed by atoms with Gasteiger partial charge < -0.3 is 15.1 Å². The Balaban J connectivity index is 1.77. The molecule has 0 radical (unpaired) electrons. The number of anilines is 2. The van der Waals surface area contributed by atoms with Gasteiger partial charge in [0.05, 0.1) is 5.69 Å². The first-order valence-electron chi connectivity index (χ1n) is 7.80. The minimum atomic E-state index is -1.62. The third-order valence-electron chi connectivity index (χ3n) is 4.12. The number of nitrogens with zero attached hydrogens (tertiary/aromatic N) is 3. The summed E-state index contributed by atoms with van der Waals surface area (Å²) >= 11 is 0. The van der Waals surface area contributed by atoms with Crippen molar-refractivity contribution in [2.75, 3.05) is 43.4 Å². The van der Waals surface area contributed by atoms with Crippen LogP contribution in [0.25, 0.3) is 0 Å². The number of aromatic nitrogens is 1. The van der Waals surface area contributed by atoms with Gasteiger partial charge in [-0.25, -0.2) is 18.2 Å². The molecular formula is C17H17F3N4O. The molecular weight excluding hydrogens is 333 g/mol. The molecule has 1 aromatic heterocycles. The first-order valence-corrected chi connectivity index (χ1v) is 7.80. The summed E-state index contributed by atoms with van der Waals surface area (Å²) in [5, 5.41) is 2.26. The third-order valence-corrected chi connectivity index (χ3v) is 4.12. The Hall–Kier alpha value is -2.61. The molecule has 8 heteroatoms. The highest BCUT2D eigenvalue weighted by atomic mass is 19.2. The highest BCUT2D eigenvalue weighted by Gasteiger charge is 2.19. The van der Waals surface area contributed by atoms with Crippen LogP contribution in [0.4, 0.5) is 24.7 Å². The van der Waals surface area contributed by atoms with Crippen LogP contribution in [0, 0.1) is 17.5 Å². The van der Waals surface area contributed by atoms with Crippen molar-refractivity contribution in [3.8, 4) is 0 Å². The number of hydrogen-bond donors (Lipinski definition) is 1. The average molecular weight is 350 g/mol. The Labute approximate surface area is 143 Å². The number of amides is 1. The highest BCUT2D eigenvalue weighted by Crippen LogP contribution is 2.21. The molecule has 2 heterocycles. The molecule has 0 bridgehead atoms. The third kappa shape index (κ3) is 3.74. The van der Waals surface area contributed by atoms with E-state index in [0.717, 1.165) is 38.3 Å². The standard InChI is InChI=1S/C17H17F3N4O/c1-23-6-8-24(9-7-23)14-10-11(4-5-21-14)17(25)22-13-3-2-12(18)15(19)16(13)20/h2-5,10H,6-9H2,1H3,(H,22,25). The molecule has 25 heavy (non-hydrogen) atoms. The van der Waals surface area contributed by atoms with Gasteiger partial charge in [-0.1, -0.05) is 0 Å². The zero-order valence-corrected chi connectivity index (χ0v) is 13.6. The van der Waals surface area contributed by atoms with E-state index in [2.05, 4.69) is 20.1 Å². The van der Waals surface area contributed by atoms with Gasteiger partial charge in [0.25, 0.3) is 5.91 Å². The predicted molar refractivity (Wildman–Crippen MR) is 88.2 cm³/mol. The maximum atomic E-state index is 13.7. The zero-order chi connectivity index (χ0) is 18.0. The number of hydrogen-bond acceptors (Lipinski definition) is 4. The van der Waals surface area contributed by atoms with Crippen LogP contribution in [0.2, 0.25) is 0 Å². The number of rotatable bonds is 3. The number of nitrogens with one attached hydrogen (secondary N) is 1. The second-order valence-corrected chi connectivity index (χ2v) is 5.87. The number of benzene rings is 1. The first kappa shape index (κ1) is 17.2. The second-order valence-electron chi connectivity index (χ2n) is 5.87. The minimum absolute atomic E-state index is 0.257. The number of halogens is 3. The molecule has 1 amide bonds. The van der Waals surface area contributed by atoms with Gasteiger partial charge in [0.1, 0.15) is 5.82 Å². The summed E-state index contributed by atoms with van der Waals surface area (Å²) < 4.78 is 39.9. The summed E-state index contributed by atoms with van der Waals surface area (Å²) in [7, 11) is 2.03. The fourth-order valence-corrected chi connectivity index (χ4v) is 2.59. The molecule has 0 aliphatic carbocycles. The lowest BCUT2D eigenvalue weighted by Gasteiger charge is -2.33. The number of carbonyl (C=O) groups excluding carboxylic acids is 1. The van der Waals surface area contributed by atoms with Crippen molar-refractivity contribution in [2.24, 2.45) is 0 Å². The van der Waals surface area contributed by atoms with Crippen molar-refractivity contribution in [1.29, 1.82) is 0 Å². The lowest BCUT2D eigenvalue weighted by atomic mass is 10.2. The Morgan fingerprint density at radius 1 is 1.08 bits per heavy atom. The smallest absolute Gasteiger partial charge is 0.255 e. The van der Waals surface area contributed by atoms with Crippen molar-refractivity contribution in [3.05, 3.63) is 53.5 Å². The van der Waals surface area contributed by atoms with E-state index in [1.54, 1.807) is 6.07 Å². The highest BCUT2D eigenvalue weighted by molar-refractivity contribution is 6.04. The van der Waals surface area contributed by atoms with E-state index in [-0.39, 0.29) is 5.56 Å². The van der Waals surface area contributed by atoms with Crippen LogP contribution in [0.5, 0.6) is 0 Å². The summed E-state index contributed by atoms with van der Waals surface area (Å²) in [5.74, 6) is -4.33. The Morgan fingerprint density at radius 3 is 2.52 bits per heavy atom. The van der Waals surface area contributed by atoms with Gasteiger partial charge in [0.2, 0.25) is 0 Å². The van der Waals surface area contributed by atoms with Crippen molar-refractivity contribution < 1.29 is 18.0 Å². The van der Waals surface area contributed by atoms with Crippen LogP contribution >= 0.6 is 0 Å². The fourth-order valence-electron chi connectivity index (χ4n) is 2.59. The molecule has 132 valence electrons. The molecule has 1 aliphatic heterocycles. The van der Waals surface area contributed by atoms with E-state index in [1.807, 2.05) is 7.05 Å². The Bertz CT molecular complexity index is 791. The molecule has 3 rings (SSSR count). The Morgan fingerprint density at radius 2 is 1.80 bits per heavy atom. The molecule has 1 N–H and O–H groups in total. The number of carbonyl (C=O) groups is 1. The molecule has 0 saturated carbocycles. The van der Waals surface area contributed by atoms with Gasteiger partial charge in [-0.2, -0.15) is 0 Å². The summed E-state index contributed by atoms with van der Waals surface area (Å²) in [6.45, 7) is 3.34. The van der Waals surface area contributed by atoms with Crippen LogP contribution < -0.4 is 10.2 Å². The molecule has 1 fully saturated rings. The van der Waals surface area contributed by atoms with Gasteiger partial charge >= 0.3 is 0 Å². The number of likely N-dealkylation sites (N-methyl/N-ethyl adjacent to an activating group) is 1. The summed E-state index contributed by atoms with van der Waals surface area (Å²) in [5.41, 5.74) is -0.157. The van der Waals surface area contributed by atoms with Gasteiger partial charge in [-0.05, 0) is 31.3 Å². The van der Waals surface area contributed by atoms with E-state index < -0.39 is 29.0 Å². The van der Waals surface area contributed by atoms with Crippen LogP contribution in [0.3, 0.4) is 0 Å². The van der Waals surface area contributed by atoms with Crippen molar-refractivity contribution in [2.45, 2.75) is 0 Å². The number of pyridine rings is 1. The molecule has 0 unspecified atom stereocenters. The summed E-state index contributed by atoms with van der Waals surface area (Å²) in [6.07, 6.45) is 1.49. The van der Waals surface area contributed by atoms with Crippen molar-refractivity contribution in [1.82, 2.24) is 9.88 Å². The Kier molecular flexibility index (Phi) is 4.89. The molecule has 5 nitrogen and oxygen atoms in total. The molecule has 0 spiro atoms. The van der Waals surface area contributed by atoms with Crippen LogP contribution in [0.1, 0.15) is 10.4 Å². The van der Waals surface area contributed by atoms with Crippen molar-refractivity contribution >= 4 is 17.4 Å². The lowest BCUT2D eigenvalue weighted by Crippen LogP contribution is -2.44.